The molecule has 6 nitrogen and oxygen atoms in total. The Balaban J connectivity index is 1.60. The van der Waals surface area contributed by atoms with Crippen molar-refractivity contribution < 1.29 is 19.1 Å². The summed E-state index contributed by atoms with van der Waals surface area (Å²) >= 11 is 1.33. The van der Waals surface area contributed by atoms with Crippen LogP contribution in [0.15, 0.2) is 60.0 Å². The molecule has 1 aromatic heterocycles. The zero-order valence-electron chi connectivity index (χ0n) is 15.6. The van der Waals surface area contributed by atoms with Crippen molar-refractivity contribution in [3.63, 3.8) is 0 Å². The molecule has 0 radical (unpaired) electrons. The van der Waals surface area contributed by atoms with E-state index in [4.69, 9.17) is 9.47 Å². The van der Waals surface area contributed by atoms with Crippen LogP contribution in [0.4, 0.5) is 10.8 Å². The van der Waals surface area contributed by atoms with E-state index >= 15 is 0 Å². The van der Waals surface area contributed by atoms with Gasteiger partial charge in [0.25, 0.3) is 0 Å². The number of amides is 1. The SMILES string of the molecule is COc1ccc(CC(=O)OCc2csc(N(C(C)=O)c3ccccc3)n2)cc1. The molecule has 0 aliphatic carbocycles. The summed E-state index contributed by atoms with van der Waals surface area (Å²) < 4.78 is 10.4. The number of carbonyl (C=O) groups excluding carboxylic acids is 2. The van der Waals surface area contributed by atoms with Gasteiger partial charge >= 0.3 is 5.97 Å². The molecule has 1 amide bonds. The van der Waals surface area contributed by atoms with Crippen molar-refractivity contribution >= 4 is 34.0 Å². The van der Waals surface area contributed by atoms with Crippen molar-refractivity contribution in [2.45, 2.75) is 20.0 Å². The Kier molecular flexibility index (Phi) is 6.39. The molecule has 0 saturated carbocycles. The van der Waals surface area contributed by atoms with Gasteiger partial charge in [0.05, 0.1) is 24.9 Å². The van der Waals surface area contributed by atoms with Crippen LogP contribution in [0.5, 0.6) is 5.75 Å². The highest BCUT2D eigenvalue weighted by molar-refractivity contribution is 7.14. The minimum atomic E-state index is -0.341. The molecule has 1 heterocycles. The summed E-state index contributed by atoms with van der Waals surface area (Å²) in [4.78, 5) is 30.1. The van der Waals surface area contributed by atoms with Gasteiger partial charge in [-0.25, -0.2) is 4.98 Å². The van der Waals surface area contributed by atoms with E-state index in [-0.39, 0.29) is 24.9 Å². The van der Waals surface area contributed by atoms with Gasteiger partial charge in [-0.1, -0.05) is 30.3 Å². The average molecular weight is 396 g/mol. The summed E-state index contributed by atoms with van der Waals surface area (Å²) in [5, 5.41) is 2.33. The normalized spacial score (nSPS) is 10.4. The number of hydrogen-bond donors (Lipinski definition) is 0. The Morgan fingerprint density at radius 2 is 1.79 bits per heavy atom. The smallest absolute Gasteiger partial charge is 0.310 e. The summed E-state index contributed by atoms with van der Waals surface area (Å²) in [5.41, 5.74) is 2.19. The summed E-state index contributed by atoms with van der Waals surface area (Å²) in [6, 6.07) is 16.6. The number of nitrogens with zero attached hydrogens (tertiary/aromatic N) is 2. The second-order valence-electron chi connectivity index (χ2n) is 6.00. The van der Waals surface area contributed by atoms with Crippen molar-refractivity contribution in [1.29, 1.82) is 0 Å². The zero-order valence-corrected chi connectivity index (χ0v) is 16.4. The van der Waals surface area contributed by atoms with Crippen molar-refractivity contribution in [3.8, 4) is 5.75 Å². The van der Waals surface area contributed by atoms with Gasteiger partial charge in [0.2, 0.25) is 5.91 Å². The van der Waals surface area contributed by atoms with E-state index < -0.39 is 0 Å². The molecular weight excluding hydrogens is 376 g/mol. The molecule has 144 valence electrons. The Morgan fingerprint density at radius 3 is 2.43 bits per heavy atom. The number of hydrogen-bond acceptors (Lipinski definition) is 6. The van der Waals surface area contributed by atoms with E-state index in [1.54, 1.807) is 24.6 Å². The van der Waals surface area contributed by atoms with Gasteiger partial charge in [0.15, 0.2) is 5.13 Å². The first-order valence-electron chi connectivity index (χ1n) is 8.65. The number of anilines is 2. The van der Waals surface area contributed by atoms with Gasteiger partial charge in [-0.05, 0) is 29.8 Å². The number of esters is 1. The van der Waals surface area contributed by atoms with Crippen LogP contribution in [-0.2, 0) is 27.4 Å². The molecule has 0 bridgehead atoms. The Bertz CT molecular complexity index is 939. The molecule has 0 aliphatic rings. The number of thiazole rings is 1. The number of ether oxygens (including phenoxy) is 2. The number of para-hydroxylation sites is 1. The van der Waals surface area contributed by atoms with Gasteiger partial charge < -0.3 is 9.47 Å². The lowest BCUT2D eigenvalue weighted by Crippen LogP contribution is -2.22. The summed E-state index contributed by atoms with van der Waals surface area (Å²) in [6.45, 7) is 1.55. The van der Waals surface area contributed by atoms with Crippen LogP contribution in [0.2, 0.25) is 0 Å². The molecule has 2 aromatic carbocycles. The minimum Gasteiger partial charge on any atom is -0.497 e. The molecule has 7 heteroatoms. The number of aromatic nitrogens is 1. The maximum atomic E-state index is 12.1. The molecule has 0 aliphatic heterocycles. The number of carbonyl (C=O) groups is 2. The van der Waals surface area contributed by atoms with Gasteiger partial charge in [0.1, 0.15) is 12.4 Å². The second-order valence-corrected chi connectivity index (χ2v) is 6.83. The quantitative estimate of drug-likeness (QED) is 0.562. The van der Waals surface area contributed by atoms with E-state index in [0.29, 0.717) is 10.8 Å². The molecule has 0 spiro atoms. The first-order valence-corrected chi connectivity index (χ1v) is 9.53. The maximum absolute atomic E-state index is 12.1. The Hall–Kier alpha value is -3.19. The molecule has 3 aromatic rings. The number of benzene rings is 2. The largest absolute Gasteiger partial charge is 0.497 e. The molecule has 28 heavy (non-hydrogen) atoms. The van der Waals surface area contributed by atoms with E-state index in [9.17, 15) is 9.59 Å². The highest BCUT2D eigenvalue weighted by atomic mass is 32.1. The monoisotopic (exact) mass is 396 g/mol. The third kappa shape index (κ3) is 4.95. The van der Waals surface area contributed by atoms with Crippen LogP contribution in [0.3, 0.4) is 0 Å². The average Bonchev–Trinajstić information content (AvgIpc) is 3.16. The van der Waals surface area contributed by atoms with E-state index in [0.717, 1.165) is 17.0 Å². The zero-order chi connectivity index (χ0) is 19.9. The number of methoxy groups -OCH3 is 1. The van der Waals surface area contributed by atoms with Gasteiger partial charge in [-0.15, -0.1) is 11.3 Å². The molecule has 0 saturated heterocycles. The lowest BCUT2D eigenvalue weighted by Gasteiger charge is -2.17. The first-order chi connectivity index (χ1) is 13.6. The second kappa shape index (κ2) is 9.14. The molecule has 0 unspecified atom stereocenters. The molecule has 3 rings (SSSR count). The van der Waals surface area contributed by atoms with Crippen LogP contribution in [-0.4, -0.2) is 24.0 Å². The number of rotatable bonds is 7. The highest BCUT2D eigenvalue weighted by Gasteiger charge is 2.18. The molecular formula is C21H20N2O4S. The van der Waals surface area contributed by atoms with E-state index in [1.807, 2.05) is 42.5 Å². The lowest BCUT2D eigenvalue weighted by atomic mass is 10.1. The summed E-state index contributed by atoms with van der Waals surface area (Å²) in [7, 11) is 1.59. The fourth-order valence-corrected chi connectivity index (χ4v) is 3.46. The standard InChI is InChI=1S/C21H20N2O4S/c1-15(24)23(18-6-4-3-5-7-18)21-22-17(14-28-21)13-27-20(25)12-16-8-10-19(26-2)11-9-16/h3-11,14H,12-13H2,1-2H3. The Labute approximate surface area is 167 Å². The van der Waals surface area contributed by atoms with Gasteiger partial charge in [-0.2, -0.15) is 0 Å². The van der Waals surface area contributed by atoms with Crippen molar-refractivity contribution in [3.05, 3.63) is 71.2 Å². The van der Waals surface area contributed by atoms with E-state index in [2.05, 4.69) is 4.98 Å². The first kappa shape index (κ1) is 19.6. The fraction of sp³-hybridized carbons (Fsp3) is 0.190. The predicted octanol–water partition coefficient (Wildman–Crippen LogP) is 4.12. The van der Waals surface area contributed by atoms with Crippen LogP contribution >= 0.6 is 11.3 Å². The highest BCUT2D eigenvalue weighted by Crippen LogP contribution is 2.28. The third-order valence-corrected chi connectivity index (χ3v) is 4.82. The van der Waals surface area contributed by atoms with Crippen LogP contribution in [0.25, 0.3) is 0 Å². The molecule has 0 fully saturated rings. The maximum Gasteiger partial charge on any atom is 0.310 e. The van der Waals surface area contributed by atoms with Crippen LogP contribution in [0, 0.1) is 0 Å². The fourth-order valence-electron chi connectivity index (χ4n) is 2.58. The third-order valence-electron chi connectivity index (χ3n) is 3.95. The van der Waals surface area contributed by atoms with E-state index in [1.165, 1.54) is 23.2 Å². The van der Waals surface area contributed by atoms with Crippen molar-refractivity contribution in [2.75, 3.05) is 12.0 Å². The Morgan fingerprint density at radius 1 is 1.07 bits per heavy atom. The molecule has 0 atom stereocenters. The van der Waals surface area contributed by atoms with Crippen molar-refractivity contribution in [2.24, 2.45) is 0 Å². The van der Waals surface area contributed by atoms with Gasteiger partial charge in [0, 0.05) is 12.3 Å². The molecule has 0 N–H and O–H groups in total. The van der Waals surface area contributed by atoms with Crippen LogP contribution in [0.1, 0.15) is 18.2 Å². The summed E-state index contributed by atoms with van der Waals surface area (Å²) in [6.07, 6.45) is 0.171. The predicted molar refractivity (Wildman–Crippen MR) is 108 cm³/mol. The van der Waals surface area contributed by atoms with Crippen molar-refractivity contribution in [1.82, 2.24) is 4.98 Å². The van der Waals surface area contributed by atoms with Gasteiger partial charge in [-0.3, -0.25) is 14.5 Å². The minimum absolute atomic E-state index is 0.0615. The topological polar surface area (TPSA) is 68.7 Å². The lowest BCUT2D eigenvalue weighted by molar-refractivity contribution is -0.144. The van der Waals surface area contributed by atoms with Crippen LogP contribution < -0.4 is 9.64 Å². The summed E-state index contributed by atoms with van der Waals surface area (Å²) in [5.74, 6) is 0.260.